The van der Waals surface area contributed by atoms with Crippen molar-refractivity contribution in [1.29, 1.82) is 0 Å². The maximum atomic E-state index is 13.6. The van der Waals surface area contributed by atoms with E-state index in [4.69, 9.17) is 25.8 Å². The van der Waals surface area contributed by atoms with Gasteiger partial charge in [0.2, 0.25) is 0 Å². The molecule has 8 nitrogen and oxygen atoms in total. The summed E-state index contributed by atoms with van der Waals surface area (Å²) in [6, 6.07) is 16.2. The SMILES string of the molecule is CCCCCOc1ccc(C2/C(=C(\O)c3ccc(OCC)cc3)C(=O)C(=O)N2c2nc3ccc(Cl)cc3s2)cc1OC. The van der Waals surface area contributed by atoms with E-state index in [0.717, 1.165) is 24.0 Å². The third kappa shape index (κ3) is 5.80. The van der Waals surface area contributed by atoms with Crippen molar-refractivity contribution in [3.8, 4) is 17.2 Å². The monoisotopic (exact) mass is 606 g/mol. The molecule has 0 bridgehead atoms. The molecule has 218 valence electrons. The minimum absolute atomic E-state index is 0.0554. The zero-order chi connectivity index (χ0) is 29.8. The number of carbonyl (C=O) groups is 2. The molecule has 3 aromatic carbocycles. The van der Waals surface area contributed by atoms with Crippen molar-refractivity contribution in [2.75, 3.05) is 25.2 Å². The molecule has 0 aliphatic carbocycles. The first-order chi connectivity index (χ1) is 20.4. The number of aromatic nitrogens is 1. The highest BCUT2D eigenvalue weighted by Crippen LogP contribution is 2.46. The van der Waals surface area contributed by atoms with E-state index in [2.05, 4.69) is 11.9 Å². The Hall–Kier alpha value is -4.08. The summed E-state index contributed by atoms with van der Waals surface area (Å²) in [5, 5.41) is 12.3. The molecule has 1 aliphatic heterocycles. The van der Waals surface area contributed by atoms with Crippen LogP contribution in [-0.4, -0.2) is 42.1 Å². The van der Waals surface area contributed by atoms with Gasteiger partial charge in [0.25, 0.3) is 5.78 Å². The number of hydrogen-bond acceptors (Lipinski definition) is 8. The van der Waals surface area contributed by atoms with E-state index < -0.39 is 17.7 Å². The Kier molecular flexibility index (Phi) is 8.99. The van der Waals surface area contributed by atoms with E-state index in [1.165, 1.54) is 23.3 Å². The minimum atomic E-state index is -0.976. The largest absolute Gasteiger partial charge is 0.507 e. The molecule has 1 fully saturated rings. The first-order valence-corrected chi connectivity index (χ1v) is 15.0. The van der Waals surface area contributed by atoms with Crippen LogP contribution >= 0.6 is 22.9 Å². The van der Waals surface area contributed by atoms with Crippen LogP contribution in [0.3, 0.4) is 0 Å². The fraction of sp³-hybridized carbons (Fsp3) is 0.281. The Morgan fingerprint density at radius 2 is 1.79 bits per heavy atom. The third-order valence-electron chi connectivity index (χ3n) is 6.94. The first-order valence-electron chi connectivity index (χ1n) is 13.8. The molecule has 5 rings (SSSR count). The molecule has 1 atom stereocenters. The molecule has 10 heteroatoms. The van der Waals surface area contributed by atoms with Crippen molar-refractivity contribution in [3.05, 3.63) is 82.4 Å². The molecule has 0 spiro atoms. The van der Waals surface area contributed by atoms with E-state index in [1.54, 1.807) is 60.7 Å². The summed E-state index contributed by atoms with van der Waals surface area (Å²) >= 11 is 7.44. The van der Waals surface area contributed by atoms with Crippen LogP contribution in [0.5, 0.6) is 17.2 Å². The van der Waals surface area contributed by atoms with Gasteiger partial charge in [0.05, 0.1) is 42.2 Å². The van der Waals surface area contributed by atoms with Crippen LogP contribution in [0, 0.1) is 0 Å². The number of rotatable bonds is 11. The van der Waals surface area contributed by atoms with Gasteiger partial charge in [0.1, 0.15) is 11.5 Å². The van der Waals surface area contributed by atoms with Crippen LogP contribution in [-0.2, 0) is 9.59 Å². The van der Waals surface area contributed by atoms with E-state index in [9.17, 15) is 14.7 Å². The molecule has 1 unspecified atom stereocenters. The van der Waals surface area contributed by atoms with E-state index >= 15 is 0 Å². The second kappa shape index (κ2) is 12.8. The second-order valence-corrected chi connectivity index (χ2v) is 11.1. The van der Waals surface area contributed by atoms with Gasteiger partial charge in [-0.2, -0.15) is 0 Å². The molecule has 42 heavy (non-hydrogen) atoms. The lowest BCUT2D eigenvalue weighted by atomic mass is 9.95. The number of aliphatic hydroxyl groups excluding tert-OH is 1. The number of anilines is 1. The number of methoxy groups -OCH3 is 1. The Bertz CT molecular complexity index is 1650. The summed E-state index contributed by atoms with van der Waals surface area (Å²) < 4.78 is 17.9. The highest BCUT2D eigenvalue weighted by Gasteiger charge is 2.48. The lowest BCUT2D eigenvalue weighted by molar-refractivity contribution is -0.132. The van der Waals surface area contributed by atoms with Crippen LogP contribution in [0.1, 0.15) is 50.3 Å². The van der Waals surface area contributed by atoms with Gasteiger partial charge >= 0.3 is 5.91 Å². The summed E-state index contributed by atoms with van der Waals surface area (Å²) in [4.78, 5) is 33.2. The van der Waals surface area contributed by atoms with E-state index in [1.807, 2.05) is 6.92 Å². The first kappa shape index (κ1) is 29.4. The van der Waals surface area contributed by atoms with Gasteiger partial charge in [-0.05, 0) is 73.5 Å². The summed E-state index contributed by atoms with van der Waals surface area (Å²) in [5.41, 5.74) is 1.51. The van der Waals surface area contributed by atoms with Crippen LogP contribution in [0.25, 0.3) is 16.0 Å². The average Bonchev–Trinajstić information content (AvgIpc) is 3.52. The number of fused-ring (bicyclic) bond motifs is 1. The smallest absolute Gasteiger partial charge is 0.301 e. The van der Waals surface area contributed by atoms with Crippen LogP contribution < -0.4 is 19.1 Å². The lowest BCUT2D eigenvalue weighted by Crippen LogP contribution is -2.29. The van der Waals surface area contributed by atoms with E-state index in [0.29, 0.717) is 57.3 Å². The van der Waals surface area contributed by atoms with Crippen LogP contribution in [0.4, 0.5) is 5.13 Å². The molecule has 0 radical (unpaired) electrons. The number of ether oxygens (including phenoxy) is 3. The van der Waals surface area contributed by atoms with Crippen molar-refractivity contribution >= 4 is 55.7 Å². The van der Waals surface area contributed by atoms with Crippen LogP contribution in [0.15, 0.2) is 66.2 Å². The Morgan fingerprint density at radius 1 is 1.00 bits per heavy atom. The van der Waals surface area contributed by atoms with Gasteiger partial charge in [-0.25, -0.2) is 4.98 Å². The zero-order valence-electron chi connectivity index (χ0n) is 23.6. The number of carbonyl (C=O) groups excluding carboxylic acids is 2. The lowest BCUT2D eigenvalue weighted by Gasteiger charge is -2.24. The predicted octanol–water partition coefficient (Wildman–Crippen LogP) is 7.55. The molecular weight excluding hydrogens is 576 g/mol. The maximum absolute atomic E-state index is 13.6. The van der Waals surface area contributed by atoms with Gasteiger partial charge in [-0.15, -0.1) is 0 Å². The number of aliphatic hydroxyl groups is 1. The van der Waals surface area contributed by atoms with E-state index in [-0.39, 0.29) is 11.3 Å². The van der Waals surface area contributed by atoms with Gasteiger partial charge in [0, 0.05) is 10.6 Å². The number of benzene rings is 3. The van der Waals surface area contributed by atoms with Gasteiger partial charge < -0.3 is 19.3 Å². The Balaban J connectivity index is 1.63. The molecule has 1 aromatic heterocycles. The highest BCUT2D eigenvalue weighted by atomic mass is 35.5. The molecule has 1 N–H and O–H groups in total. The quantitative estimate of drug-likeness (QED) is 0.0814. The number of thiazole rings is 1. The standard InChI is InChI=1S/C32H31ClN2O6S/c1-4-6-7-16-41-24-15-10-20(17-25(24)39-3)28-27(29(36)19-8-12-22(13-9-19)40-5-2)30(37)31(38)35(28)32-34-23-14-11-21(33)18-26(23)42-32/h8-15,17-18,28,36H,4-7,16H2,1-3H3/b29-27+. The van der Waals surface area contributed by atoms with Crippen molar-refractivity contribution in [3.63, 3.8) is 0 Å². The predicted molar refractivity (Wildman–Crippen MR) is 165 cm³/mol. The topological polar surface area (TPSA) is 98.2 Å². The molecule has 1 saturated heterocycles. The maximum Gasteiger partial charge on any atom is 0.301 e. The molecule has 0 saturated carbocycles. The Labute approximate surface area is 253 Å². The number of halogens is 1. The van der Waals surface area contributed by atoms with Crippen molar-refractivity contribution in [1.82, 2.24) is 4.98 Å². The van der Waals surface area contributed by atoms with Gasteiger partial charge in [-0.1, -0.05) is 48.8 Å². The fourth-order valence-electron chi connectivity index (χ4n) is 4.87. The average molecular weight is 607 g/mol. The number of amides is 1. The fourth-order valence-corrected chi connectivity index (χ4v) is 6.14. The second-order valence-electron chi connectivity index (χ2n) is 9.70. The summed E-state index contributed by atoms with van der Waals surface area (Å²) in [6.07, 6.45) is 3.03. The molecule has 1 amide bonds. The number of ketones is 1. The highest BCUT2D eigenvalue weighted by molar-refractivity contribution is 7.22. The summed E-state index contributed by atoms with van der Waals surface area (Å²) in [6.45, 7) is 5.03. The summed E-state index contributed by atoms with van der Waals surface area (Å²) in [5.74, 6) is -0.286. The molecule has 1 aliphatic rings. The molecule has 4 aromatic rings. The Morgan fingerprint density at radius 3 is 2.50 bits per heavy atom. The van der Waals surface area contributed by atoms with Crippen molar-refractivity contribution in [2.45, 2.75) is 39.2 Å². The van der Waals surface area contributed by atoms with Crippen molar-refractivity contribution in [2.24, 2.45) is 0 Å². The van der Waals surface area contributed by atoms with Crippen LogP contribution in [0.2, 0.25) is 5.02 Å². The molecule has 2 heterocycles. The number of Topliss-reactive ketones (excluding diaryl/α,β-unsaturated/α-hetero) is 1. The molecular formula is C32H31ClN2O6S. The normalized spacial score (nSPS) is 16.3. The zero-order valence-corrected chi connectivity index (χ0v) is 25.1. The van der Waals surface area contributed by atoms with Gasteiger partial charge in [0.15, 0.2) is 16.6 Å². The minimum Gasteiger partial charge on any atom is -0.507 e. The van der Waals surface area contributed by atoms with Crippen molar-refractivity contribution < 1.29 is 28.9 Å². The summed E-state index contributed by atoms with van der Waals surface area (Å²) in [7, 11) is 1.53. The number of unbranched alkanes of at least 4 members (excludes halogenated alkanes) is 2. The third-order valence-corrected chi connectivity index (χ3v) is 8.19. The van der Waals surface area contributed by atoms with Gasteiger partial charge in [-0.3, -0.25) is 14.5 Å². The number of hydrogen-bond donors (Lipinski definition) is 1. The number of nitrogens with zero attached hydrogens (tertiary/aromatic N) is 2.